The summed E-state index contributed by atoms with van der Waals surface area (Å²) in [7, 11) is 1.57. The van der Waals surface area contributed by atoms with E-state index in [0.29, 0.717) is 43.0 Å². The summed E-state index contributed by atoms with van der Waals surface area (Å²) in [5.41, 5.74) is -0.206. The molecule has 1 aliphatic heterocycles. The van der Waals surface area contributed by atoms with Gasteiger partial charge in [0.15, 0.2) is 0 Å². The van der Waals surface area contributed by atoms with Crippen molar-refractivity contribution in [3.63, 3.8) is 0 Å². The number of carbonyl (C=O) groups is 4. The van der Waals surface area contributed by atoms with Crippen LogP contribution >= 0.6 is 0 Å². The highest BCUT2D eigenvalue weighted by molar-refractivity contribution is 6.05. The van der Waals surface area contributed by atoms with E-state index in [0.717, 1.165) is 30.2 Å². The molecule has 0 radical (unpaired) electrons. The number of aromatic nitrogens is 1. The van der Waals surface area contributed by atoms with Crippen LogP contribution in [0.5, 0.6) is 5.75 Å². The molecule has 5 aliphatic rings. The number of amides is 4. The zero-order valence-electron chi connectivity index (χ0n) is 21.2. The molecule has 2 heterocycles. The van der Waals surface area contributed by atoms with Crippen LogP contribution in [-0.2, 0) is 14.4 Å². The van der Waals surface area contributed by atoms with Crippen molar-refractivity contribution >= 4 is 34.5 Å². The Morgan fingerprint density at radius 2 is 2.03 bits per heavy atom. The highest BCUT2D eigenvalue weighted by Crippen LogP contribution is 2.52. The smallest absolute Gasteiger partial charge is 0.268 e. The van der Waals surface area contributed by atoms with Gasteiger partial charge >= 0.3 is 0 Å². The van der Waals surface area contributed by atoms with Crippen LogP contribution in [0.1, 0.15) is 55.4 Å². The van der Waals surface area contributed by atoms with Gasteiger partial charge in [0.2, 0.25) is 17.7 Å². The van der Waals surface area contributed by atoms with Gasteiger partial charge in [-0.2, -0.15) is 5.26 Å². The van der Waals surface area contributed by atoms with Crippen LogP contribution in [0.3, 0.4) is 0 Å². The number of ether oxygens (including phenoxy) is 1. The Bertz CT molecular complexity index is 1370. The number of aromatic amines is 1. The maximum Gasteiger partial charge on any atom is 0.268 e. The monoisotopic (exact) mass is 517 g/mol. The van der Waals surface area contributed by atoms with Crippen molar-refractivity contribution in [2.45, 2.75) is 56.5 Å². The lowest BCUT2D eigenvalue weighted by atomic mass is 9.67. The van der Waals surface area contributed by atoms with E-state index in [1.165, 1.54) is 0 Å². The number of nitrogens with zero attached hydrogens (tertiary/aromatic N) is 1. The molecule has 4 amide bonds. The van der Waals surface area contributed by atoms with Gasteiger partial charge in [0, 0.05) is 16.8 Å². The van der Waals surface area contributed by atoms with Crippen molar-refractivity contribution in [2.75, 3.05) is 7.11 Å². The zero-order valence-corrected chi connectivity index (χ0v) is 21.2. The summed E-state index contributed by atoms with van der Waals surface area (Å²) < 4.78 is 5.39. The Kier molecular flexibility index (Phi) is 5.89. The van der Waals surface area contributed by atoms with E-state index in [1.807, 2.05) is 18.2 Å². The Hall–Kier alpha value is -3.87. The topological polar surface area (TPSA) is 153 Å². The van der Waals surface area contributed by atoms with E-state index in [4.69, 9.17) is 4.74 Å². The van der Waals surface area contributed by atoms with Crippen LogP contribution in [0.15, 0.2) is 24.3 Å². The van der Waals surface area contributed by atoms with Crippen LogP contribution < -0.4 is 20.7 Å². The summed E-state index contributed by atoms with van der Waals surface area (Å²) in [5, 5.41) is 19.5. The minimum atomic E-state index is -1.26. The van der Waals surface area contributed by atoms with Gasteiger partial charge in [0.05, 0.1) is 25.0 Å². The van der Waals surface area contributed by atoms with Gasteiger partial charge in [-0.05, 0) is 62.1 Å². The van der Waals surface area contributed by atoms with Gasteiger partial charge in [-0.1, -0.05) is 18.9 Å². The quantitative estimate of drug-likeness (QED) is 0.413. The molecule has 4 saturated carbocycles. The maximum atomic E-state index is 13.7. The molecule has 0 spiro atoms. The van der Waals surface area contributed by atoms with E-state index >= 15 is 0 Å². The predicted molar refractivity (Wildman–Crippen MR) is 136 cm³/mol. The van der Waals surface area contributed by atoms with Gasteiger partial charge in [-0.3, -0.25) is 24.5 Å². The first-order valence-corrected chi connectivity index (χ1v) is 13.4. The molecule has 4 N–H and O–H groups in total. The number of carbonyl (C=O) groups excluding carboxylic acids is 4. The number of methoxy groups -OCH3 is 1. The summed E-state index contributed by atoms with van der Waals surface area (Å²) in [6, 6.07) is 8.71. The molecular formula is C28H31N5O5. The molecule has 2 bridgehead atoms. The largest absolute Gasteiger partial charge is 0.496 e. The molecule has 1 aromatic heterocycles. The van der Waals surface area contributed by atoms with Gasteiger partial charge in [0.25, 0.3) is 5.91 Å². The fourth-order valence-corrected chi connectivity index (χ4v) is 6.97. The summed E-state index contributed by atoms with van der Waals surface area (Å²) in [6.07, 6.45) is 4.82. The average molecular weight is 518 g/mol. The fraction of sp³-hybridized carbons (Fsp3) is 0.536. The van der Waals surface area contributed by atoms with Crippen LogP contribution in [-0.4, -0.2) is 47.3 Å². The van der Waals surface area contributed by atoms with Crippen molar-refractivity contribution in [3.8, 4) is 11.8 Å². The first kappa shape index (κ1) is 24.5. The minimum Gasteiger partial charge on any atom is -0.496 e. The predicted octanol–water partition coefficient (Wildman–Crippen LogP) is 2.16. The number of nitrogens with one attached hydrogen (secondary N) is 4. The average Bonchev–Trinajstić information content (AvgIpc) is 3.61. The number of imide groups is 1. The van der Waals surface area contributed by atoms with E-state index in [-0.39, 0.29) is 17.7 Å². The first-order valence-electron chi connectivity index (χ1n) is 13.4. The van der Waals surface area contributed by atoms with Crippen LogP contribution in [0, 0.1) is 40.9 Å². The Morgan fingerprint density at radius 3 is 2.76 bits per heavy atom. The molecule has 4 aliphatic carbocycles. The van der Waals surface area contributed by atoms with Gasteiger partial charge in [-0.15, -0.1) is 0 Å². The number of fused-ring (bicyclic) bond motifs is 3. The maximum absolute atomic E-state index is 13.7. The minimum absolute atomic E-state index is 0.0654. The highest BCUT2D eigenvalue weighted by atomic mass is 16.5. The third kappa shape index (κ3) is 4.10. The molecule has 10 nitrogen and oxygen atoms in total. The van der Waals surface area contributed by atoms with Crippen molar-refractivity contribution in [1.82, 2.24) is 20.9 Å². The molecular weight excluding hydrogens is 486 g/mol. The van der Waals surface area contributed by atoms with Gasteiger partial charge in [0.1, 0.15) is 23.0 Å². The highest BCUT2D eigenvalue weighted by Gasteiger charge is 2.60. The van der Waals surface area contributed by atoms with Crippen molar-refractivity contribution in [2.24, 2.45) is 29.6 Å². The second-order valence-corrected chi connectivity index (χ2v) is 11.4. The van der Waals surface area contributed by atoms with Crippen LogP contribution in [0.2, 0.25) is 0 Å². The first-order chi connectivity index (χ1) is 18.3. The third-order valence-electron chi connectivity index (χ3n) is 8.99. The second-order valence-electron chi connectivity index (χ2n) is 11.4. The van der Waals surface area contributed by atoms with Crippen molar-refractivity contribution in [1.29, 1.82) is 5.26 Å². The molecule has 1 saturated heterocycles. The SMILES string of the molecule is COc1cccc2[nH]c(C(=O)NC(CC3CC3)C(=O)NC3(C#N)CC4CCC3[C@H]3C(=O)NC(=O)[C@H]3C4)cc12. The molecule has 4 unspecified atom stereocenters. The number of hydrogen-bond donors (Lipinski definition) is 4. The number of benzene rings is 1. The van der Waals surface area contributed by atoms with Crippen molar-refractivity contribution < 1.29 is 23.9 Å². The zero-order chi connectivity index (χ0) is 26.6. The summed E-state index contributed by atoms with van der Waals surface area (Å²) in [6.45, 7) is 0. The van der Waals surface area contributed by atoms with Crippen LogP contribution in [0.25, 0.3) is 10.9 Å². The lowest BCUT2D eigenvalue weighted by Gasteiger charge is -2.42. The molecule has 2 aromatic rings. The summed E-state index contributed by atoms with van der Waals surface area (Å²) in [5.74, 6) is -1.95. The number of nitriles is 1. The third-order valence-corrected chi connectivity index (χ3v) is 8.99. The Morgan fingerprint density at radius 1 is 1.21 bits per heavy atom. The van der Waals surface area contributed by atoms with E-state index in [1.54, 1.807) is 13.2 Å². The molecule has 1 aromatic carbocycles. The summed E-state index contributed by atoms with van der Waals surface area (Å²) in [4.78, 5) is 55.3. The van der Waals surface area contributed by atoms with E-state index < -0.39 is 41.1 Å². The molecule has 6 atom stereocenters. The molecule has 7 rings (SSSR count). The second kappa shape index (κ2) is 9.15. The van der Waals surface area contributed by atoms with Crippen LogP contribution in [0.4, 0.5) is 0 Å². The molecule has 198 valence electrons. The number of hydrogen-bond acceptors (Lipinski definition) is 6. The molecule has 5 fully saturated rings. The van der Waals surface area contributed by atoms with E-state index in [2.05, 4.69) is 27.0 Å². The van der Waals surface area contributed by atoms with Gasteiger partial charge in [-0.25, -0.2) is 0 Å². The van der Waals surface area contributed by atoms with Crippen molar-refractivity contribution in [3.05, 3.63) is 30.0 Å². The lowest BCUT2D eigenvalue weighted by Crippen LogP contribution is -2.61. The fourth-order valence-electron chi connectivity index (χ4n) is 6.97. The van der Waals surface area contributed by atoms with Gasteiger partial charge < -0.3 is 20.4 Å². The molecule has 10 heteroatoms. The normalized spacial score (nSPS) is 30.6. The number of rotatable bonds is 7. The Labute approximate surface area is 219 Å². The van der Waals surface area contributed by atoms with E-state index in [9.17, 15) is 24.4 Å². The Balaban J connectivity index is 1.25. The lowest BCUT2D eigenvalue weighted by molar-refractivity contribution is -0.130. The standard InChI is InChI=1S/C28H31N5O5/c1-38-22-4-2-3-19-16(22)11-21(30-19)25(35)31-20(10-14-5-6-14)26(36)33-28(13-29)12-15-7-8-18(28)23-17(9-15)24(34)32-27(23)37/h2-4,11,14-15,17-18,20,23,30H,5-10,12H2,1H3,(H,31,35)(H,33,36)(H,32,34,37)/t15?,17-,18?,20?,23-,28?/m0/s1. The number of H-pyrrole nitrogens is 1. The summed E-state index contributed by atoms with van der Waals surface area (Å²) >= 11 is 0. The molecule has 38 heavy (non-hydrogen) atoms.